The number of nitrogens with one attached hydrogen (secondary N) is 1. The fourth-order valence-electron chi connectivity index (χ4n) is 0.747. The zero-order chi connectivity index (χ0) is 9.84. The Balaban J connectivity index is 2.75. The van der Waals surface area contributed by atoms with Crippen molar-refractivity contribution in [3.05, 3.63) is 23.5 Å². The van der Waals surface area contributed by atoms with Crippen LogP contribution in [0.25, 0.3) is 0 Å². The number of rotatable bonds is 2. The number of hydrogen-bond acceptors (Lipinski definition) is 2. The van der Waals surface area contributed by atoms with Crippen LogP contribution in [-0.4, -0.2) is 10.9 Å². The summed E-state index contributed by atoms with van der Waals surface area (Å²) in [5.41, 5.74) is 0.558. The minimum atomic E-state index is -0.0603. The molecule has 0 atom stereocenters. The zero-order valence-electron chi connectivity index (χ0n) is 7.54. The van der Waals surface area contributed by atoms with E-state index in [2.05, 4.69) is 10.3 Å². The molecule has 0 aliphatic rings. The molecule has 0 spiro atoms. The average molecular weight is 199 g/mol. The summed E-state index contributed by atoms with van der Waals surface area (Å²) in [5, 5.41) is 3.18. The first-order valence-corrected chi connectivity index (χ1v) is 4.39. The van der Waals surface area contributed by atoms with Gasteiger partial charge in [-0.05, 0) is 6.07 Å². The predicted octanol–water partition coefficient (Wildman–Crippen LogP) is 2.33. The maximum Gasteiger partial charge on any atom is 0.227 e. The van der Waals surface area contributed by atoms with E-state index >= 15 is 0 Å². The Bertz CT molecular complexity index is 312. The number of hydrogen-bond donors (Lipinski definition) is 1. The summed E-state index contributed by atoms with van der Waals surface area (Å²) in [6, 6.07) is 1.64. The van der Waals surface area contributed by atoms with Crippen LogP contribution in [0.1, 0.15) is 13.8 Å². The first-order valence-electron chi connectivity index (χ1n) is 4.01. The average Bonchev–Trinajstić information content (AvgIpc) is 2.08. The molecule has 1 aromatic heterocycles. The van der Waals surface area contributed by atoms with E-state index in [-0.39, 0.29) is 11.8 Å². The minimum absolute atomic E-state index is 0.0590. The lowest BCUT2D eigenvalue weighted by molar-refractivity contribution is -0.118. The van der Waals surface area contributed by atoms with Crippen molar-refractivity contribution in [2.75, 3.05) is 5.32 Å². The van der Waals surface area contributed by atoms with Crippen LogP contribution in [-0.2, 0) is 4.79 Å². The van der Waals surface area contributed by atoms with E-state index in [9.17, 15) is 4.79 Å². The van der Waals surface area contributed by atoms with Crippen LogP contribution in [0.5, 0.6) is 0 Å². The van der Waals surface area contributed by atoms with Gasteiger partial charge in [0.2, 0.25) is 5.91 Å². The number of aromatic nitrogens is 1. The van der Waals surface area contributed by atoms with E-state index in [0.717, 1.165) is 0 Å². The summed E-state index contributed by atoms with van der Waals surface area (Å²) in [6.07, 6.45) is 3.11. The van der Waals surface area contributed by atoms with E-state index in [1.54, 1.807) is 12.3 Å². The van der Waals surface area contributed by atoms with Crippen LogP contribution in [0.2, 0.25) is 5.02 Å². The highest BCUT2D eigenvalue weighted by Crippen LogP contribution is 2.19. The topological polar surface area (TPSA) is 42.0 Å². The van der Waals surface area contributed by atoms with E-state index in [0.29, 0.717) is 10.7 Å². The van der Waals surface area contributed by atoms with Gasteiger partial charge in [0.05, 0.1) is 16.9 Å². The highest BCUT2D eigenvalue weighted by atomic mass is 35.5. The van der Waals surface area contributed by atoms with Gasteiger partial charge in [-0.3, -0.25) is 9.78 Å². The number of carbonyl (C=O) groups excluding carboxylic acids is 1. The van der Waals surface area contributed by atoms with Gasteiger partial charge in [-0.1, -0.05) is 25.4 Å². The molecule has 0 aliphatic heterocycles. The van der Waals surface area contributed by atoms with Gasteiger partial charge in [-0.2, -0.15) is 0 Å². The van der Waals surface area contributed by atoms with E-state index in [1.165, 1.54) is 6.20 Å². The normalized spacial score (nSPS) is 10.2. The third-order valence-electron chi connectivity index (χ3n) is 1.55. The Hall–Kier alpha value is -1.09. The summed E-state index contributed by atoms with van der Waals surface area (Å²) in [6.45, 7) is 3.64. The number of halogens is 1. The maximum atomic E-state index is 11.3. The molecule has 4 heteroatoms. The van der Waals surface area contributed by atoms with Crippen molar-refractivity contribution < 1.29 is 4.79 Å². The molecule has 70 valence electrons. The molecule has 0 unspecified atom stereocenters. The van der Waals surface area contributed by atoms with Crippen LogP contribution in [0, 0.1) is 5.92 Å². The minimum Gasteiger partial charge on any atom is -0.323 e. The lowest BCUT2D eigenvalue weighted by Crippen LogP contribution is -2.17. The Morgan fingerprint density at radius 3 is 2.85 bits per heavy atom. The quantitative estimate of drug-likeness (QED) is 0.793. The summed E-state index contributed by atoms with van der Waals surface area (Å²) in [5.74, 6) is -0.119. The van der Waals surface area contributed by atoms with Crippen molar-refractivity contribution in [2.45, 2.75) is 13.8 Å². The number of nitrogens with zero attached hydrogens (tertiary/aromatic N) is 1. The largest absolute Gasteiger partial charge is 0.323 e. The summed E-state index contributed by atoms with van der Waals surface area (Å²) in [7, 11) is 0. The van der Waals surface area contributed by atoms with Gasteiger partial charge < -0.3 is 5.32 Å². The Kier molecular flexibility index (Phi) is 3.25. The molecule has 1 N–H and O–H groups in total. The van der Waals surface area contributed by atoms with Crippen molar-refractivity contribution in [3.8, 4) is 0 Å². The third-order valence-corrected chi connectivity index (χ3v) is 1.88. The van der Waals surface area contributed by atoms with Crippen molar-refractivity contribution >= 4 is 23.2 Å². The van der Waals surface area contributed by atoms with Gasteiger partial charge in [0.25, 0.3) is 0 Å². The molecule has 1 aromatic rings. The Labute approximate surface area is 82.1 Å². The molecule has 0 aromatic carbocycles. The van der Waals surface area contributed by atoms with Gasteiger partial charge in [0.1, 0.15) is 0 Å². The first-order chi connectivity index (χ1) is 6.11. The van der Waals surface area contributed by atoms with Gasteiger partial charge in [-0.25, -0.2) is 0 Å². The fraction of sp³-hybridized carbons (Fsp3) is 0.333. The molecule has 0 fully saturated rings. The van der Waals surface area contributed by atoms with Gasteiger partial charge in [-0.15, -0.1) is 0 Å². The predicted molar refractivity (Wildman–Crippen MR) is 52.7 cm³/mol. The van der Waals surface area contributed by atoms with E-state index < -0.39 is 0 Å². The standard InChI is InChI=1S/C9H11ClN2O/c1-6(2)9(13)12-8-5-11-4-3-7(8)10/h3-6H,1-2H3,(H,12,13). The second-order valence-electron chi connectivity index (χ2n) is 3.00. The molecule has 0 aliphatic carbocycles. The SMILES string of the molecule is CC(C)C(=O)Nc1cnccc1Cl. The number of amides is 1. The van der Waals surface area contributed by atoms with Crippen LogP contribution >= 0.6 is 11.6 Å². The maximum absolute atomic E-state index is 11.3. The molecule has 13 heavy (non-hydrogen) atoms. The highest BCUT2D eigenvalue weighted by molar-refractivity contribution is 6.33. The second kappa shape index (κ2) is 4.23. The van der Waals surface area contributed by atoms with Crippen LogP contribution in [0.4, 0.5) is 5.69 Å². The molecule has 3 nitrogen and oxygen atoms in total. The Morgan fingerprint density at radius 1 is 1.62 bits per heavy atom. The number of pyridine rings is 1. The van der Waals surface area contributed by atoms with Crippen molar-refractivity contribution in [1.82, 2.24) is 4.98 Å². The highest BCUT2D eigenvalue weighted by Gasteiger charge is 2.08. The number of anilines is 1. The monoisotopic (exact) mass is 198 g/mol. The summed E-state index contributed by atoms with van der Waals surface area (Å²) in [4.78, 5) is 15.1. The van der Waals surface area contributed by atoms with Crippen LogP contribution in [0.15, 0.2) is 18.5 Å². The Morgan fingerprint density at radius 2 is 2.31 bits per heavy atom. The molecule has 1 amide bonds. The number of carbonyl (C=O) groups is 1. The molecular weight excluding hydrogens is 188 g/mol. The zero-order valence-corrected chi connectivity index (χ0v) is 8.30. The summed E-state index contributed by atoms with van der Waals surface area (Å²) < 4.78 is 0. The molecule has 0 radical (unpaired) electrons. The van der Waals surface area contributed by atoms with E-state index in [4.69, 9.17) is 11.6 Å². The van der Waals surface area contributed by atoms with Crippen LogP contribution in [0.3, 0.4) is 0 Å². The van der Waals surface area contributed by atoms with Crippen molar-refractivity contribution in [2.24, 2.45) is 5.92 Å². The van der Waals surface area contributed by atoms with E-state index in [1.807, 2.05) is 13.8 Å². The summed E-state index contributed by atoms with van der Waals surface area (Å²) >= 11 is 5.82. The van der Waals surface area contributed by atoms with Gasteiger partial charge in [0, 0.05) is 12.1 Å². The van der Waals surface area contributed by atoms with Gasteiger partial charge in [0.15, 0.2) is 0 Å². The molecule has 0 saturated heterocycles. The lowest BCUT2D eigenvalue weighted by Gasteiger charge is -2.07. The molecule has 1 heterocycles. The molecule has 0 bridgehead atoms. The fourth-order valence-corrected chi connectivity index (χ4v) is 0.899. The molecule has 0 saturated carbocycles. The molecule has 1 rings (SSSR count). The van der Waals surface area contributed by atoms with Gasteiger partial charge >= 0.3 is 0 Å². The second-order valence-corrected chi connectivity index (χ2v) is 3.41. The van der Waals surface area contributed by atoms with Crippen LogP contribution < -0.4 is 5.32 Å². The lowest BCUT2D eigenvalue weighted by atomic mass is 10.2. The smallest absolute Gasteiger partial charge is 0.227 e. The third kappa shape index (κ3) is 2.70. The van der Waals surface area contributed by atoms with Crippen molar-refractivity contribution in [1.29, 1.82) is 0 Å². The van der Waals surface area contributed by atoms with Crippen molar-refractivity contribution in [3.63, 3.8) is 0 Å². The first kappa shape index (κ1) is 9.99. The molecular formula is C9H11ClN2O.